The first-order chi connectivity index (χ1) is 15.1. The second-order valence-corrected chi connectivity index (χ2v) is 9.31. The van der Waals surface area contributed by atoms with E-state index in [1.54, 1.807) is 26.6 Å². The number of carbonyl (C=O) groups excluding carboxylic acids is 2. The first-order valence-electron chi connectivity index (χ1n) is 10.9. The molecule has 32 heavy (non-hydrogen) atoms. The van der Waals surface area contributed by atoms with Crippen molar-refractivity contribution < 1.29 is 18.7 Å². The highest BCUT2D eigenvalue weighted by molar-refractivity contribution is 5.94. The number of hydrogen-bond acceptors (Lipinski definition) is 5. The van der Waals surface area contributed by atoms with Crippen molar-refractivity contribution in [3.05, 3.63) is 47.0 Å². The number of benzene rings is 1. The molecule has 0 atom stereocenters. The van der Waals surface area contributed by atoms with Crippen LogP contribution >= 0.6 is 0 Å². The van der Waals surface area contributed by atoms with Crippen LogP contribution in [0.15, 0.2) is 24.3 Å². The minimum absolute atomic E-state index is 0.119. The third kappa shape index (κ3) is 4.56. The van der Waals surface area contributed by atoms with Crippen molar-refractivity contribution in [2.24, 2.45) is 7.05 Å². The van der Waals surface area contributed by atoms with Crippen LogP contribution in [0.2, 0.25) is 0 Å². The van der Waals surface area contributed by atoms with E-state index >= 15 is 0 Å². The van der Waals surface area contributed by atoms with Crippen LogP contribution in [-0.2, 0) is 24.8 Å². The molecule has 1 fully saturated rings. The van der Waals surface area contributed by atoms with Crippen molar-refractivity contribution in [1.82, 2.24) is 19.6 Å². The highest BCUT2D eigenvalue weighted by atomic mass is 19.1. The summed E-state index contributed by atoms with van der Waals surface area (Å²) in [5.41, 5.74) is 2.57. The SMILES string of the molecule is Cn1nc(C(=O)N2CCN(c3ccc(F)cc3)CC2)c2c1CCN(C(=O)OC(C)(C)C)C2. The molecular formula is C23H30FN5O3. The fourth-order valence-electron chi connectivity index (χ4n) is 4.22. The summed E-state index contributed by atoms with van der Waals surface area (Å²) in [4.78, 5) is 31.5. The molecule has 172 valence electrons. The van der Waals surface area contributed by atoms with E-state index < -0.39 is 5.60 Å². The molecule has 1 saturated heterocycles. The smallest absolute Gasteiger partial charge is 0.410 e. The molecular weight excluding hydrogens is 413 g/mol. The number of fused-ring (bicyclic) bond motifs is 1. The monoisotopic (exact) mass is 443 g/mol. The zero-order valence-electron chi connectivity index (χ0n) is 19.1. The Morgan fingerprint density at radius 1 is 1.00 bits per heavy atom. The standard InChI is InChI=1S/C23H30FN5O3/c1-23(2,3)32-22(31)29-10-9-19-18(15-29)20(25-26(19)4)21(30)28-13-11-27(12-14-28)17-7-5-16(24)6-8-17/h5-8H,9-15H2,1-4H3. The van der Waals surface area contributed by atoms with Gasteiger partial charge in [-0.1, -0.05) is 0 Å². The van der Waals surface area contributed by atoms with Crippen LogP contribution in [0.3, 0.4) is 0 Å². The number of nitrogens with zero attached hydrogens (tertiary/aromatic N) is 5. The van der Waals surface area contributed by atoms with Gasteiger partial charge in [0.2, 0.25) is 0 Å². The lowest BCUT2D eigenvalue weighted by Crippen LogP contribution is -2.49. The van der Waals surface area contributed by atoms with Crippen LogP contribution in [-0.4, -0.2) is 69.9 Å². The third-order valence-corrected chi connectivity index (χ3v) is 5.86. The van der Waals surface area contributed by atoms with E-state index in [-0.39, 0.29) is 17.8 Å². The van der Waals surface area contributed by atoms with E-state index in [1.807, 2.05) is 27.8 Å². The van der Waals surface area contributed by atoms with Gasteiger partial charge in [0.25, 0.3) is 5.91 Å². The lowest BCUT2D eigenvalue weighted by Gasteiger charge is -2.36. The molecule has 2 aliphatic heterocycles. The van der Waals surface area contributed by atoms with Gasteiger partial charge < -0.3 is 19.4 Å². The summed E-state index contributed by atoms with van der Waals surface area (Å²) in [7, 11) is 1.84. The van der Waals surface area contributed by atoms with Crippen molar-refractivity contribution in [3.63, 3.8) is 0 Å². The number of hydrogen-bond donors (Lipinski definition) is 0. The summed E-state index contributed by atoms with van der Waals surface area (Å²) in [6, 6.07) is 6.41. The first kappa shape index (κ1) is 22.1. The van der Waals surface area contributed by atoms with Crippen LogP contribution in [0.1, 0.15) is 42.5 Å². The molecule has 2 aromatic rings. The molecule has 0 radical (unpaired) electrons. The Balaban J connectivity index is 1.45. The molecule has 0 saturated carbocycles. The van der Waals surface area contributed by atoms with Crippen LogP contribution in [0, 0.1) is 5.82 Å². The van der Waals surface area contributed by atoms with Crippen LogP contribution in [0.4, 0.5) is 14.9 Å². The molecule has 2 aliphatic rings. The fourth-order valence-corrected chi connectivity index (χ4v) is 4.22. The molecule has 0 N–H and O–H groups in total. The molecule has 8 nitrogen and oxygen atoms in total. The molecule has 1 aromatic carbocycles. The lowest BCUT2D eigenvalue weighted by atomic mass is 10.0. The number of piperazine rings is 1. The maximum atomic E-state index is 13.3. The molecule has 4 rings (SSSR count). The summed E-state index contributed by atoms with van der Waals surface area (Å²) in [6.45, 7) is 8.79. The Labute approximate surface area is 187 Å². The average molecular weight is 444 g/mol. The van der Waals surface area contributed by atoms with E-state index in [2.05, 4.69) is 10.00 Å². The lowest BCUT2D eigenvalue weighted by molar-refractivity contribution is 0.0221. The number of aromatic nitrogens is 2. The van der Waals surface area contributed by atoms with Gasteiger partial charge in [-0.05, 0) is 45.0 Å². The predicted molar refractivity (Wildman–Crippen MR) is 118 cm³/mol. The summed E-state index contributed by atoms with van der Waals surface area (Å²) >= 11 is 0. The molecule has 0 bridgehead atoms. The molecule has 0 aliphatic carbocycles. The summed E-state index contributed by atoms with van der Waals surface area (Å²) in [5.74, 6) is -0.380. The normalized spacial score (nSPS) is 16.7. The minimum Gasteiger partial charge on any atom is -0.444 e. The molecule has 0 spiro atoms. The van der Waals surface area contributed by atoms with Crippen LogP contribution in [0.25, 0.3) is 0 Å². The maximum absolute atomic E-state index is 13.3. The van der Waals surface area contributed by atoms with Gasteiger partial charge in [-0.3, -0.25) is 9.48 Å². The van der Waals surface area contributed by atoms with Gasteiger partial charge >= 0.3 is 6.09 Å². The third-order valence-electron chi connectivity index (χ3n) is 5.86. The highest BCUT2D eigenvalue weighted by Gasteiger charge is 2.33. The number of ether oxygens (including phenoxy) is 1. The average Bonchev–Trinajstić information content (AvgIpc) is 3.09. The van der Waals surface area contributed by atoms with Crippen molar-refractivity contribution >= 4 is 17.7 Å². The summed E-state index contributed by atoms with van der Waals surface area (Å²) in [5, 5.41) is 4.51. The quantitative estimate of drug-likeness (QED) is 0.714. The van der Waals surface area contributed by atoms with E-state index in [9.17, 15) is 14.0 Å². The first-order valence-corrected chi connectivity index (χ1v) is 10.9. The Kier molecular flexibility index (Phi) is 5.83. The summed E-state index contributed by atoms with van der Waals surface area (Å²) in [6.07, 6.45) is 0.252. The van der Waals surface area contributed by atoms with Crippen molar-refractivity contribution in [2.45, 2.75) is 39.3 Å². The van der Waals surface area contributed by atoms with Gasteiger partial charge in [0.05, 0.1) is 6.54 Å². The number of rotatable bonds is 2. The largest absolute Gasteiger partial charge is 0.444 e. The van der Waals surface area contributed by atoms with Crippen molar-refractivity contribution in [1.29, 1.82) is 0 Å². The van der Waals surface area contributed by atoms with Gasteiger partial charge in [0.1, 0.15) is 11.4 Å². The minimum atomic E-state index is -0.574. The van der Waals surface area contributed by atoms with Gasteiger partial charge in [-0.25, -0.2) is 9.18 Å². The maximum Gasteiger partial charge on any atom is 0.410 e. The Hall–Kier alpha value is -3.10. The molecule has 9 heteroatoms. The van der Waals surface area contributed by atoms with Crippen LogP contribution < -0.4 is 4.90 Å². The number of anilines is 1. The van der Waals surface area contributed by atoms with Crippen molar-refractivity contribution in [3.8, 4) is 0 Å². The molecule has 1 aromatic heterocycles. The van der Waals surface area contributed by atoms with Gasteiger partial charge in [-0.2, -0.15) is 5.10 Å². The van der Waals surface area contributed by atoms with E-state index in [0.717, 1.165) is 16.9 Å². The number of carbonyl (C=O) groups is 2. The fraction of sp³-hybridized carbons (Fsp3) is 0.522. The Morgan fingerprint density at radius 3 is 2.28 bits per heavy atom. The highest BCUT2D eigenvalue weighted by Crippen LogP contribution is 2.25. The topological polar surface area (TPSA) is 70.9 Å². The molecule has 0 unspecified atom stereocenters. The van der Waals surface area contributed by atoms with Crippen molar-refractivity contribution in [2.75, 3.05) is 37.6 Å². The number of amides is 2. The second kappa shape index (κ2) is 8.44. The number of halogens is 1. The van der Waals surface area contributed by atoms with Gasteiger partial charge in [0.15, 0.2) is 5.69 Å². The Bertz CT molecular complexity index is 1000. The number of aryl methyl sites for hydroxylation is 1. The van der Waals surface area contributed by atoms with E-state index in [4.69, 9.17) is 4.74 Å². The second-order valence-electron chi connectivity index (χ2n) is 9.31. The predicted octanol–water partition coefficient (Wildman–Crippen LogP) is 2.81. The van der Waals surface area contributed by atoms with Gasteiger partial charge in [-0.15, -0.1) is 0 Å². The zero-order valence-corrected chi connectivity index (χ0v) is 19.1. The van der Waals surface area contributed by atoms with E-state index in [1.165, 1.54) is 12.1 Å². The van der Waals surface area contributed by atoms with E-state index in [0.29, 0.717) is 51.4 Å². The van der Waals surface area contributed by atoms with Gasteiger partial charge in [0, 0.05) is 63.1 Å². The zero-order chi connectivity index (χ0) is 23.0. The Morgan fingerprint density at radius 2 is 1.66 bits per heavy atom. The molecule has 3 heterocycles. The van der Waals surface area contributed by atoms with Crippen LogP contribution in [0.5, 0.6) is 0 Å². The molecule has 2 amide bonds. The summed E-state index contributed by atoms with van der Waals surface area (Å²) < 4.78 is 20.5.